The number of aryl methyl sites for hydroxylation is 2. The minimum atomic E-state index is -4.04. The normalized spacial score (nSPS) is 19.8. The van der Waals surface area contributed by atoms with E-state index in [0.717, 1.165) is 47.1 Å². The van der Waals surface area contributed by atoms with Gasteiger partial charge in [0.25, 0.3) is 10.0 Å². The Labute approximate surface area is 282 Å². The van der Waals surface area contributed by atoms with Crippen LogP contribution in [0.3, 0.4) is 0 Å². The zero-order valence-corrected chi connectivity index (χ0v) is 29.3. The zero-order valence-electron chi connectivity index (χ0n) is 28.4. The third-order valence-electron chi connectivity index (χ3n) is 9.24. The molecule has 2 aromatic heterocycles. The fourth-order valence-electron chi connectivity index (χ4n) is 7.09. The van der Waals surface area contributed by atoms with Crippen molar-refractivity contribution < 1.29 is 22.7 Å². The highest BCUT2D eigenvalue weighted by Gasteiger charge is 2.33. The summed E-state index contributed by atoms with van der Waals surface area (Å²) < 4.78 is 43.7. The van der Waals surface area contributed by atoms with Crippen LogP contribution in [0.2, 0.25) is 0 Å². The lowest BCUT2D eigenvalue weighted by molar-refractivity contribution is 0.105. The molecular formula is C36H44N6O5S. The average Bonchev–Trinajstić information content (AvgIpc) is 3.52. The maximum absolute atomic E-state index is 13.8. The predicted molar refractivity (Wildman–Crippen MR) is 184 cm³/mol. The van der Waals surface area contributed by atoms with E-state index in [1.165, 1.54) is 7.11 Å². The first kappa shape index (κ1) is 33.5. The molecule has 1 unspecified atom stereocenters. The average molecular weight is 673 g/mol. The largest absolute Gasteiger partial charge is 0.477 e. The first-order chi connectivity index (χ1) is 22.8. The molecule has 0 spiro atoms. The quantitative estimate of drug-likeness (QED) is 0.253. The monoisotopic (exact) mass is 672 g/mol. The van der Waals surface area contributed by atoms with Gasteiger partial charge in [-0.25, -0.2) is 22.9 Å². The summed E-state index contributed by atoms with van der Waals surface area (Å²) in [5, 5.41) is 4.81. The Morgan fingerprint density at radius 1 is 1.02 bits per heavy atom. The SMILES string of the molecule is COC(=O)N1CCC(n2cc(C3c4cccc(c4)S(=O)(=O)Nc4nc(cc(-c5c(C)cccc5C)n4)OC[C@H]3CC(C)(C)C)cn2)CC1. The molecule has 4 aromatic rings. The van der Waals surface area contributed by atoms with Crippen molar-refractivity contribution in [2.45, 2.75) is 70.7 Å². The third kappa shape index (κ3) is 7.18. The summed E-state index contributed by atoms with van der Waals surface area (Å²) >= 11 is 0. The van der Waals surface area contributed by atoms with Crippen LogP contribution < -0.4 is 9.46 Å². The fraction of sp³-hybridized carbons (Fsp3) is 0.444. The van der Waals surface area contributed by atoms with E-state index in [9.17, 15) is 13.2 Å². The Morgan fingerprint density at radius 3 is 2.42 bits per heavy atom. The number of likely N-dealkylation sites (tertiary alicyclic amines) is 1. The minimum absolute atomic E-state index is 0.0421. The number of nitrogens with one attached hydrogen (secondary N) is 1. The van der Waals surface area contributed by atoms with Gasteiger partial charge in [-0.1, -0.05) is 51.1 Å². The van der Waals surface area contributed by atoms with Crippen molar-refractivity contribution in [1.29, 1.82) is 0 Å². The van der Waals surface area contributed by atoms with Crippen LogP contribution >= 0.6 is 0 Å². The Morgan fingerprint density at radius 2 is 1.73 bits per heavy atom. The van der Waals surface area contributed by atoms with E-state index < -0.39 is 10.0 Å². The molecule has 254 valence electrons. The number of fused-ring (bicyclic) bond motifs is 4. The highest BCUT2D eigenvalue weighted by atomic mass is 32.2. The van der Waals surface area contributed by atoms with Gasteiger partial charge >= 0.3 is 6.09 Å². The molecule has 1 N–H and O–H groups in total. The topological polar surface area (TPSA) is 129 Å². The highest BCUT2D eigenvalue weighted by Crippen LogP contribution is 2.41. The lowest BCUT2D eigenvalue weighted by Crippen LogP contribution is -2.39. The number of benzene rings is 2. The van der Waals surface area contributed by atoms with Crippen molar-refractivity contribution in [3.05, 3.63) is 83.2 Å². The molecule has 4 heterocycles. The van der Waals surface area contributed by atoms with Crippen molar-refractivity contribution in [3.63, 3.8) is 0 Å². The minimum Gasteiger partial charge on any atom is -0.477 e. The summed E-state index contributed by atoms with van der Waals surface area (Å²) in [7, 11) is -2.64. The van der Waals surface area contributed by atoms with Crippen molar-refractivity contribution >= 4 is 22.1 Å². The second kappa shape index (κ2) is 13.2. The van der Waals surface area contributed by atoms with Gasteiger partial charge in [0.15, 0.2) is 0 Å². The van der Waals surface area contributed by atoms with E-state index in [1.807, 2.05) is 49.0 Å². The number of ether oxygens (including phenoxy) is 2. The molecule has 2 aliphatic heterocycles. The van der Waals surface area contributed by atoms with Crippen molar-refractivity contribution in [2.75, 3.05) is 31.5 Å². The van der Waals surface area contributed by atoms with Crippen LogP contribution in [0.15, 0.2) is 65.8 Å². The summed E-state index contributed by atoms with van der Waals surface area (Å²) in [6.45, 7) is 12.1. The molecule has 11 nitrogen and oxygen atoms in total. The maximum Gasteiger partial charge on any atom is 0.409 e. The Kier molecular flexibility index (Phi) is 9.21. The van der Waals surface area contributed by atoms with Gasteiger partial charge in [0.2, 0.25) is 11.8 Å². The lowest BCUT2D eigenvalue weighted by Gasteiger charge is -2.33. The number of carbonyl (C=O) groups is 1. The summed E-state index contributed by atoms with van der Waals surface area (Å²) in [4.78, 5) is 23.1. The number of carbonyl (C=O) groups excluding carboxylic acids is 1. The number of methoxy groups -OCH3 is 1. The molecule has 48 heavy (non-hydrogen) atoms. The number of anilines is 1. The van der Waals surface area contributed by atoms with E-state index in [2.05, 4.69) is 41.7 Å². The standard InChI is InChI=1S/C36H44N6O5S/c1-23-9-7-10-24(2)32(23)30-18-31-39-34(38-30)40-48(44,45)29-12-8-11-25(17-29)33(26(22-47-31)19-36(3,4)5)27-20-37-42(21-27)28-13-15-41(16-14-28)35(43)46-6/h7-12,17-18,20-21,26,28,33H,13-16,19,22H2,1-6H3,(H,38,39,40)/t26-,33?/m1/s1. The van der Waals surface area contributed by atoms with Gasteiger partial charge < -0.3 is 14.4 Å². The maximum atomic E-state index is 13.8. The van der Waals surface area contributed by atoms with E-state index in [0.29, 0.717) is 31.3 Å². The van der Waals surface area contributed by atoms with Crippen molar-refractivity contribution in [3.8, 4) is 17.1 Å². The Balaban J connectivity index is 1.42. The molecular weight excluding hydrogens is 628 g/mol. The van der Waals surface area contributed by atoms with Gasteiger partial charge in [-0.2, -0.15) is 10.1 Å². The molecule has 4 bridgehead atoms. The number of rotatable bonds is 4. The van der Waals surface area contributed by atoms with Crippen molar-refractivity contribution in [1.82, 2.24) is 24.6 Å². The fourth-order valence-corrected chi connectivity index (χ4v) is 8.09. The molecule has 1 amide bonds. The summed E-state index contributed by atoms with van der Waals surface area (Å²) in [5.74, 6) is -0.0202. The van der Waals surface area contributed by atoms with Gasteiger partial charge in [0.1, 0.15) is 0 Å². The van der Waals surface area contributed by atoms with Crippen LogP contribution in [-0.2, 0) is 14.8 Å². The van der Waals surface area contributed by atoms with E-state index in [4.69, 9.17) is 14.6 Å². The van der Waals surface area contributed by atoms with E-state index in [-0.39, 0.29) is 40.2 Å². The van der Waals surface area contributed by atoms with E-state index in [1.54, 1.807) is 29.2 Å². The van der Waals surface area contributed by atoms with Gasteiger partial charge in [-0.05, 0) is 72.9 Å². The summed E-state index contributed by atoms with van der Waals surface area (Å²) in [5.41, 5.74) is 5.29. The molecule has 0 saturated carbocycles. The van der Waals surface area contributed by atoms with Crippen LogP contribution in [0.4, 0.5) is 10.7 Å². The first-order valence-electron chi connectivity index (χ1n) is 16.4. The second-order valence-corrected chi connectivity index (χ2v) is 15.8. The number of sulfonamides is 1. The molecule has 12 heteroatoms. The van der Waals surface area contributed by atoms with Crippen LogP contribution in [0.1, 0.15) is 74.2 Å². The van der Waals surface area contributed by atoms with Crippen molar-refractivity contribution in [2.24, 2.45) is 11.3 Å². The van der Waals surface area contributed by atoms with Gasteiger partial charge in [-0.15, -0.1) is 0 Å². The van der Waals surface area contributed by atoms with Crippen LogP contribution in [-0.4, -0.2) is 66.0 Å². The number of piperidine rings is 1. The molecule has 1 saturated heterocycles. The number of nitrogens with zero attached hydrogens (tertiary/aromatic N) is 5. The molecule has 6 rings (SSSR count). The Hall–Kier alpha value is -4.45. The predicted octanol–water partition coefficient (Wildman–Crippen LogP) is 6.74. The smallest absolute Gasteiger partial charge is 0.409 e. The molecule has 2 aliphatic rings. The Bertz CT molecular complexity index is 1890. The molecule has 2 atom stereocenters. The zero-order chi connectivity index (χ0) is 34.2. The third-order valence-corrected chi connectivity index (χ3v) is 10.6. The van der Waals surface area contributed by atoms with Crippen LogP contribution in [0.25, 0.3) is 11.3 Å². The molecule has 0 aliphatic carbocycles. The van der Waals surface area contributed by atoms with Gasteiger partial charge in [-0.3, -0.25) is 4.68 Å². The van der Waals surface area contributed by atoms with E-state index >= 15 is 0 Å². The van der Waals surface area contributed by atoms with Crippen LogP contribution in [0.5, 0.6) is 5.88 Å². The lowest BCUT2D eigenvalue weighted by atomic mass is 9.74. The van der Waals surface area contributed by atoms with Crippen LogP contribution in [0, 0.1) is 25.2 Å². The first-order valence-corrected chi connectivity index (χ1v) is 17.9. The van der Waals surface area contributed by atoms with Gasteiger partial charge in [0.05, 0.1) is 36.5 Å². The second-order valence-electron chi connectivity index (χ2n) is 14.1. The number of amides is 1. The molecule has 2 aromatic carbocycles. The highest BCUT2D eigenvalue weighted by molar-refractivity contribution is 7.92. The summed E-state index contributed by atoms with van der Waals surface area (Å²) in [6.07, 6.45) is 5.96. The number of hydrogen-bond acceptors (Lipinski definition) is 8. The summed E-state index contributed by atoms with van der Waals surface area (Å²) in [6, 6.07) is 15.0. The molecule has 0 radical (unpaired) electrons. The van der Waals surface area contributed by atoms with Gasteiger partial charge in [0, 0.05) is 42.8 Å². The number of hydrogen-bond donors (Lipinski definition) is 1. The number of aromatic nitrogens is 4. The molecule has 1 fully saturated rings.